The molecule has 0 fully saturated rings. The van der Waals surface area contributed by atoms with Crippen molar-refractivity contribution in [2.45, 2.75) is 12.5 Å². The summed E-state index contributed by atoms with van der Waals surface area (Å²) in [6.07, 6.45) is 0.207. The Balaban J connectivity index is 1.82. The predicted octanol–water partition coefficient (Wildman–Crippen LogP) is 5.03. The molecule has 142 valence electrons. The van der Waals surface area contributed by atoms with E-state index in [2.05, 4.69) is 5.32 Å². The number of ether oxygens (including phenoxy) is 1. The Labute approximate surface area is 162 Å². The first-order chi connectivity index (χ1) is 13.6. The van der Waals surface area contributed by atoms with Gasteiger partial charge in [-0.1, -0.05) is 30.3 Å². The van der Waals surface area contributed by atoms with E-state index < -0.39 is 4.92 Å². The summed E-state index contributed by atoms with van der Waals surface area (Å²) < 4.78 is 5.21. The fourth-order valence-corrected chi connectivity index (χ4v) is 2.90. The molecule has 1 N–H and O–H groups in total. The Morgan fingerprint density at radius 1 is 1.00 bits per heavy atom. The number of nitrogens with one attached hydrogen (secondary N) is 1. The van der Waals surface area contributed by atoms with E-state index in [1.54, 1.807) is 7.11 Å². The highest BCUT2D eigenvalue weighted by atomic mass is 16.6. The van der Waals surface area contributed by atoms with Gasteiger partial charge < -0.3 is 10.1 Å². The molecule has 0 aromatic heterocycles. The molecule has 0 aliphatic rings. The number of non-ortho nitro benzene ring substituents is 1. The predicted molar refractivity (Wildman–Crippen MR) is 108 cm³/mol. The molecule has 1 atom stereocenters. The second-order valence-electron chi connectivity index (χ2n) is 6.27. The van der Waals surface area contributed by atoms with Crippen molar-refractivity contribution in [3.63, 3.8) is 0 Å². The summed E-state index contributed by atoms with van der Waals surface area (Å²) in [5, 5.41) is 14.2. The fourth-order valence-electron chi connectivity index (χ4n) is 2.90. The van der Waals surface area contributed by atoms with E-state index in [9.17, 15) is 14.9 Å². The fraction of sp³-hybridized carbons (Fsp3) is 0.136. The largest absolute Gasteiger partial charge is 0.497 e. The molecule has 28 heavy (non-hydrogen) atoms. The van der Waals surface area contributed by atoms with Gasteiger partial charge in [-0.15, -0.1) is 0 Å². The zero-order valence-corrected chi connectivity index (χ0v) is 15.4. The van der Waals surface area contributed by atoms with Crippen molar-refractivity contribution < 1.29 is 14.5 Å². The number of benzene rings is 3. The molecule has 0 bridgehead atoms. The molecule has 3 aromatic carbocycles. The number of nitro benzene ring substituents is 1. The van der Waals surface area contributed by atoms with Crippen LogP contribution in [0.15, 0.2) is 78.9 Å². The summed E-state index contributed by atoms with van der Waals surface area (Å²) in [5.74, 6) is 0.642. The van der Waals surface area contributed by atoms with Gasteiger partial charge in [-0.3, -0.25) is 14.9 Å². The third kappa shape index (κ3) is 4.73. The lowest BCUT2D eigenvalue weighted by atomic mass is 9.97. The average molecular weight is 376 g/mol. The topological polar surface area (TPSA) is 81.5 Å². The number of carbonyl (C=O) groups is 1. The molecule has 6 nitrogen and oxygen atoms in total. The number of nitro groups is 1. The number of carbonyl (C=O) groups excluding carboxylic acids is 1. The first-order valence-corrected chi connectivity index (χ1v) is 8.80. The zero-order valence-electron chi connectivity index (χ0n) is 15.4. The van der Waals surface area contributed by atoms with Crippen LogP contribution in [-0.4, -0.2) is 17.8 Å². The number of nitrogens with zero attached hydrogens (tertiary/aromatic N) is 1. The molecule has 1 unspecified atom stereocenters. The van der Waals surface area contributed by atoms with Crippen LogP contribution in [0.3, 0.4) is 0 Å². The standard InChI is InChI=1S/C22H20N2O4/c1-28-20-13-9-16(10-14-20)21(23-18-5-3-2-4-6-18)15-22(25)17-7-11-19(12-8-17)24(26)27/h2-14,21,23H,15H2,1H3. The highest BCUT2D eigenvalue weighted by molar-refractivity contribution is 5.96. The second kappa shape index (κ2) is 8.81. The summed E-state index contributed by atoms with van der Waals surface area (Å²) in [4.78, 5) is 23.1. The van der Waals surface area contributed by atoms with Gasteiger partial charge in [0, 0.05) is 29.8 Å². The Kier molecular flexibility index (Phi) is 6.01. The van der Waals surface area contributed by atoms with Crippen molar-refractivity contribution in [1.29, 1.82) is 0 Å². The van der Waals surface area contributed by atoms with E-state index in [4.69, 9.17) is 4.74 Å². The zero-order chi connectivity index (χ0) is 19.9. The van der Waals surface area contributed by atoms with Crippen molar-refractivity contribution in [1.82, 2.24) is 0 Å². The molecule has 0 saturated carbocycles. The van der Waals surface area contributed by atoms with Crippen molar-refractivity contribution in [2.75, 3.05) is 12.4 Å². The van der Waals surface area contributed by atoms with Crippen LogP contribution in [0.4, 0.5) is 11.4 Å². The Morgan fingerprint density at radius 2 is 1.64 bits per heavy atom. The Morgan fingerprint density at radius 3 is 2.21 bits per heavy atom. The van der Waals surface area contributed by atoms with Crippen LogP contribution in [0, 0.1) is 10.1 Å². The first kappa shape index (κ1) is 19.1. The summed E-state index contributed by atoms with van der Waals surface area (Å²) in [6, 6.07) is 22.6. The minimum Gasteiger partial charge on any atom is -0.497 e. The van der Waals surface area contributed by atoms with E-state index in [1.165, 1.54) is 24.3 Å². The van der Waals surface area contributed by atoms with Gasteiger partial charge in [0.05, 0.1) is 18.1 Å². The highest BCUT2D eigenvalue weighted by Crippen LogP contribution is 2.26. The molecular weight excluding hydrogens is 356 g/mol. The van der Waals surface area contributed by atoms with E-state index >= 15 is 0 Å². The number of methoxy groups -OCH3 is 1. The minimum atomic E-state index is -0.481. The van der Waals surface area contributed by atoms with Crippen molar-refractivity contribution in [2.24, 2.45) is 0 Å². The molecule has 3 rings (SSSR count). The van der Waals surface area contributed by atoms with Gasteiger partial charge in [0.1, 0.15) is 5.75 Å². The number of ketones is 1. The molecular formula is C22H20N2O4. The second-order valence-corrected chi connectivity index (χ2v) is 6.27. The Hall–Kier alpha value is -3.67. The minimum absolute atomic E-state index is 0.0364. The van der Waals surface area contributed by atoms with Gasteiger partial charge in [-0.2, -0.15) is 0 Å². The van der Waals surface area contributed by atoms with Crippen LogP contribution >= 0.6 is 0 Å². The average Bonchev–Trinajstić information content (AvgIpc) is 2.74. The normalized spacial score (nSPS) is 11.5. The van der Waals surface area contributed by atoms with Gasteiger partial charge in [0.2, 0.25) is 0 Å². The van der Waals surface area contributed by atoms with Crippen LogP contribution < -0.4 is 10.1 Å². The lowest BCUT2D eigenvalue weighted by Crippen LogP contribution is -2.16. The van der Waals surface area contributed by atoms with Gasteiger partial charge in [0.25, 0.3) is 5.69 Å². The summed E-state index contributed by atoms with van der Waals surface area (Å²) in [7, 11) is 1.60. The quantitative estimate of drug-likeness (QED) is 0.339. The number of para-hydroxylation sites is 1. The number of Topliss-reactive ketones (excluding diaryl/α,β-unsaturated/α-hetero) is 1. The van der Waals surface area contributed by atoms with Gasteiger partial charge in [-0.25, -0.2) is 0 Å². The number of hydrogen-bond acceptors (Lipinski definition) is 5. The van der Waals surface area contributed by atoms with Crippen LogP contribution in [0.25, 0.3) is 0 Å². The van der Waals surface area contributed by atoms with Gasteiger partial charge >= 0.3 is 0 Å². The summed E-state index contributed by atoms with van der Waals surface area (Å²) >= 11 is 0. The van der Waals surface area contributed by atoms with Crippen molar-refractivity contribution >= 4 is 17.2 Å². The molecule has 3 aromatic rings. The van der Waals surface area contributed by atoms with Crippen LogP contribution in [0.5, 0.6) is 5.75 Å². The first-order valence-electron chi connectivity index (χ1n) is 8.80. The van der Waals surface area contributed by atoms with E-state index in [0.717, 1.165) is 17.0 Å². The highest BCUT2D eigenvalue weighted by Gasteiger charge is 2.18. The lowest BCUT2D eigenvalue weighted by Gasteiger charge is -2.20. The third-order valence-corrected chi connectivity index (χ3v) is 4.42. The molecule has 6 heteroatoms. The monoisotopic (exact) mass is 376 g/mol. The van der Waals surface area contributed by atoms with Crippen LogP contribution in [0.1, 0.15) is 28.4 Å². The van der Waals surface area contributed by atoms with Crippen molar-refractivity contribution in [3.8, 4) is 5.75 Å². The maximum Gasteiger partial charge on any atom is 0.269 e. The molecule has 0 aliphatic carbocycles. The lowest BCUT2D eigenvalue weighted by molar-refractivity contribution is -0.384. The summed E-state index contributed by atoms with van der Waals surface area (Å²) in [5.41, 5.74) is 2.25. The smallest absolute Gasteiger partial charge is 0.269 e. The van der Waals surface area contributed by atoms with Crippen molar-refractivity contribution in [3.05, 3.63) is 100 Å². The number of rotatable bonds is 8. The number of hydrogen-bond donors (Lipinski definition) is 1. The number of anilines is 1. The van der Waals surface area contributed by atoms with E-state index in [-0.39, 0.29) is 23.9 Å². The van der Waals surface area contributed by atoms with E-state index in [1.807, 2.05) is 54.6 Å². The molecule has 0 spiro atoms. The van der Waals surface area contributed by atoms with Gasteiger partial charge in [-0.05, 0) is 42.0 Å². The molecule has 0 heterocycles. The van der Waals surface area contributed by atoms with Crippen LogP contribution in [0.2, 0.25) is 0 Å². The van der Waals surface area contributed by atoms with Gasteiger partial charge in [0.15, 0.2) is 5.78 Å². The molecule has 0 amide bonds. The molecule has 0 aliphatic heterocycles. The van der Waals surface area contributed by atoms with E-state index in [0.29, 0.717) is 5.56 Å². The van der Waals surface area contributed by atoms with Crippen LogP contribution in [-0.2, 0) is 0 Å². The third-order valence-electron chi connectivity index (χ3n) is 4.42. The summed E-state index contributed by atoms with van der Waals surface area (Å²) in [6.45, 7) is 0. The maximum absolute atomic E-state index is 12.8. The maximum atomic E-state index is 12.8. The molecule has 0 radical (unpaired) electrons. The molecule has 0 saturated heterocycles. The SMILES string of the molecule is COc1ccc(C(CC(=O)c2ccc([N+](=O)[O-])cc2)Nc2ccccc2)cc1. The Bertz CT molecular complexity index is 939.